The maximum Gasteiger partial charge on any atom is 0.316 e. The monoisotopic (exact) mass is 325 g/mol. The molecule has 1 rings (SSSR count). The number of benzene rings is 1. The van der Waals surface area contributed by atoms with Crippen molar-refractivity contribution in [3.8, 4) is 0 Å². The molecule has 0 saturated carbocycles. The third kappa shape index (κ3) is 6.95. The topological polar surface area (TPSA) is 40.5 Å². The Balaban J connectivity index is 0. The van der Waals surface area contributed by atoms with Gasteiger partial charge in [-0.2, -0.15) is 0 Å². The molecule has 19 heavy (non-hydrogen) atoms. The number of hydrogen-bond acceptors (Lipinski definition) is 3. The fourth-order valence-corrected chi connectivity index (χ4v) is 2.42. The first kappa shape index (κ1) is 20.7. The number of carboxylic acids is 1. The Morgan fingerprint density at radius 3 is 2.16 bits per heavy atom. The normalized spacial score (nSPS) is 10.9. The zero-order valence-electron chi connectivity index (χ0n) is 11.3. The number of rotatable bonds is 6. The van der Waals surface area contributed by atoms with Crippen molar-refractivity contribution < 1.29 is 9.90 Å². The number of carbonyl (C=O) groups is 1. The summed E-state index contributed by atoms with van der Waals surface area (Å²) in [4.78, 5) is 12.9. The zero-order chi connectivity index (χ0) is 12.8. The summed E-state index contributed by atoms with van der Waals surface area (Å²) >= 11 is 1.48. The molecule has 0 aromatic heterocycles. The second-order valence-corrected chi connectivity index (χ2v) is 5.30. The molecule has 3 nitrogen and oxygen atoms in total. The van der Waals surface area contributed by atoms with E-state index in [1.165, 1.54) is 17.3 Å². The maximum absolute atomic E-state index is 10.9. The van der Waals surface area contributed by atoms with Gasteiger partial charge >= 0.3 is 5.97 Å². The highest BCUT2D eigenvalue weighted by Crippen LogP contribution is 2.22. The van der Waals surface area contributed by atoms with E-state index in [4.69, 9.17) is 5.11 Å². The minimum atomic E-state index is -0.720. The first-order valence-corrected chi connectivity index (χ1v) is 6.70. The number of anilines is 1. The van der Waals surface area contributed by atoms with Crippen LogP contribution in [-0.4, -0.2) is 30.4 Å². The molecule has 0 spiro atoms. The lowest BCUT2D eigenvalue weighted by molar-refractivity contribution is -0.136. The first-order valence-electron chi connectivity index (χ1n) is 5.65. The number of hydrogen-bond donors (Lipinski definition) is 1. The second-order valence-electron chi connectivity index (χ2n) is 4.11. The van der Waals surface area contributed by atoms with Crippen molar-refractivity contribution in [3.63, 3.8) is 0 Å². The molecule has 1 atom stereocenters. The van der Waals surface area contributed by atoms with Gasteiger partial charge in [0.15, 0.2) is 0 Å². The van der Waals surface area contributed by atoms with Gasteiger partial charge in [-0.15, -0.1) is 36.6 Å². The van der Waals surface area contributed by atoms with Crippen LogP contribution in [0.1, 0.15) is 18.9 Å². The zero-order valence-corrected chi connectivity index (χ0v) is 13.8. The van der Waals surface area contributed by atoms with Crippen LogP contribution in [0.25, 0.3) is 0 Å². The van der Waals surface area contributed by atoms with Crippen LogP contribution in [0, 0.1) is 0 Å². The van der Waals surface area contributed by atoms with E-state index in [-0.39, 0.29) is 30.1 Å². The lowest BCUT2D eigenvalue weighted by Gasteiger charge is -2.13. The lowest BCUT2D eigenvalue weighted by Crippen LogP contribution is -2.15. The molecule has 0 bridgehead atoms. The average Bonchev–Trinajstić information content (AvgIpc) is 2.30. The van der Waals surface area contributed by atoms with Crippen molar-refractivity contribution in [2.45, 2.75) is 24.3 Å². The number of halogens is 2. The van der Waals surface area contributed by atoms with E-state index >= 15 is 0 Å². The van der Waals surface area contributed by atoms with Gasteiger partial charge in [-0.05, 0) is 24.1 Å². The fraction of sp³-hybridized carbons (Fsp3) is 0.462. The van der Waals surface area contributed by atoms with E-state index in [9.17, 15) is 4.79 Å². The van der Waals surface area contributed by atoms with Crippen LogP contribution >= 0.6 is 36.6 Å². The molecular weight excluding hydrogens is 305 g/mol. The van der Waals surface area contributed by atoms with Crippen molar-refractivity contribution in [1.29, 1.82) is 0 Å². The second kappa shape index (κ2) is 10.2. The van der Waals surface area contributed by atoms with Gasteiger partial charge in [0.2, 0.25) is 0 Å². The van der Waals surface area contributed by atoms with Gasteiger partial charge in [-0.25, -0.2) is 0 Å². The quantitative estimate of drug-likeness (QED) is 0.865. The third-order valence-corrected chi connectivity index (χ3v) is 3.99. The maximum atomic E-state index is 10.9. The van der Waals surface area contributed by atoms with Crippen molar-refractivity contribution in [2.24, 2.45) is 0 Å². The molecule has 0 heterocycles. The lowest BCUT2D eigenvalue weighted by atomic mass is 10.2. The summed E-state index contributed by atoms with van der Waals surface area (Å²) in [5.41, 5.74) is 2.32. The molecule has 0 amide bonds. The van der Waals surface area contributed by atoms with Gasteiger partial charge in [-0.3, -0.25) is 4.79 Å². The molecule has 0 saturated heterocycles. The average molecular weight is 326 g/mol. The van der Waals surface area contributed by atoms with Gasteiger partial charge in [0.25, 0.3) is 0 Å². The van der Waals surface area contributed by atoms with Crippen LogP contribution in [-0.2, 0) is 10.5 Å². The molecule has 0 aliphatic heterocycles. The summed E-state index contributed by atoms with van der Waals surface area (Å²) in [6.07, 6.45) is 0.662. The fourth-order valence-electron chi connectivity index (χ4n) is 1.45. The Bertz CT molecular complexity index is 371. The van der Waals surface area contributed by atoms with Crippen LogP contribution in [0.15, 0.2) is 24.3 Å². The number of aliphatic carboxylic acids is 1. The molecule has 6 heteroatoms. The first-order chi connectivity index (χ1) is 8.04. The molecule has 0 aliphatic carbocycles. The van der Waals surface area contributed by atoms with Crippen molar-refractivity contribution in [1.82, 2.24) is 0 Å². The molecule has 1 unspecified atom stereocenters. The minimum absolute atomic E-state index is 0. The van der Waals surface area contributed by atoms with Gasteiger partial charge in [0.05, 0.1) is 0 Å². The summed E-state index contributed by atoms with van der Waals surface area (Å²) in [6.45, 7) is 1.90. The summed E-state index contributed by atoms with van der Waals surface area (Å²) in [7, 11) is 4.00. The van der Waals surface area contributed by atoms with Crippen LogP contribution in [0.5, 0.6) is 0 Å². The van der Waals surface area contributed by atoms with Crippen LogP contribution < -0.4 is 4.90 Å². The van der Waals surface area contributed by atoms with E-state index in [1.54, 1.807) is 0 Å². The van der Waals surface area contributed by atoms with Crippen LogP contribution in [0.3, 0.4) is 0 Å². The highest BCUT2D eigenvalue weighted by Gasteiger charge is 2.14. The summed E-state index contributed by atoms with van der Waals surface area (Å²) < 4.78 is 0. The van der Waals surface area contributed by atoms with Gasteiger partial charge in [-0.1, -0.05) is 19.1 Å². The molecular formula is C13H21Cl2NO2S. The molecule has 0 radical (unpaired) electrons. The molecule has 1 aromatic rings. The Morgan fingerprint density at radius 2 is 1.79 bits per heavy atom. The minimum Gasteiger partial charge on any atom is -0.480 e. The molecule has 110 valence electrons. The smallest absolute Gasteiger partial charge is 0.316 e. The van der Waals surface area contributed by atoms with E-state index in [0.717, 1.165) is 11.4 Å². The predicted molar refractivity (Wildman–Crippen MR) is 88.3 cm³/mol. The van der Waals surface area contributed by atoms with E-state index < -0.39 is 5.97 Å². The van der Waals surface area contributed by atoms with Crippen molar-refractivity contribution in [2.75, 3.05) is 19.0 Å². The van der Waals surface area contributed by atoms with E-state index in [1.807, 2.05) is 25.9 Å². The Labute approximate surface area is 131 Å². The predicted octanol–water partition coefficient (Wildman–Crippen LogP) is 3.69. The summed E-state index contributed by atoms with van der Waals surface area (Å²) in [5.74, 6) is 0.0285. The number of nitrogens with zero attached hydrogens (tertiary/aromatic N) is 1. The molecule has 1 aromatic carbocycles. The van der Waals surface area contributed by atoms with E-state index in [2.05, 4.69) is 24.3 Å². The van der Waals surface area contributed by atoms with Crippen molar-refractivity contribution >= 4 is 48.2 Å². The highest BCUT2D eigenvalue weighted by atomic mass is 35.5. The van der Waals surface area contributed by atoms with E-state index in [0.29, 0.717) is 6.42 Å². The van der Waals surface area contributed by atoms with Gasteiger partial charge < -0.3 is 10.0 Å². The molecule has 0 fully saturated rings. The van der Waals surface area contributed by atoms with Gasteiger partial charge in [0.1, 0.15) is 5.25 Å². The summed E-state index contributed by atoms with van der Waals surface area (Å²) in [5, 5.41) is 8.64. The summed E-state index contributed by atoms with van der Waals surface area (Å²) in [6, 6.07) is 8.21. The Hall–Kier alpha value is -0.580. The SMILES string of the molecule is CCC(SCc1ccc(N(C)C)cc1)C(=O)O.Cl.Cl. The highest BCUT2D eigenvalue weighted by molar-refractivity contribution is 7.99. The Kier molecular flexibility index (Phi) is 11.2. The molecule has 0 aliphatic rings. The largest absolute Gasteiger partial charge is 0.480 e. The Morgan fingerprint density at radius 1 is 1.26 bits per heavy atom. The molecule has 1 N–H and O–H groups in total. The van der Waals surface area contributed by atoms with Crippen LogP contribution in [0.4, 0.5) is 5.69 Å². The van der Waals surface area contributed by atoms with Crippen molar-refractivity contribution in [3.05, 3.63) is 29.8 Å². The standard InChI is InChI=1S/C13H19NO2S.2ClH/c1-4-12(13(15)16)17-9-10-5-7-11(8-6-10)14(2)3;;/h5-8,12H,4,9H2,1-3H3,(H,15,16);2*1H. The third-order valence-electron chi connectivity index (χ3n) is 2.55. The number of carboxylic acid groups (broad SMARTS) is 1. The van der Waals surface area contributed by atoms with Crippen LogP contribution in [0.2, 0.25) is 0 Å². The number of thioether (sulfide) groups is 1. The van der Waals surface area contributed by atoms with Gasteiger partial charge in [0, 0.05) is 25.5 Å².